The van der Waals surface area contributed by atoms with Crippen molar-refractivity contribution in [1.82, 2.24) is 0 Å². The highest BCUT2D eigenvalue weighted by molar-refractivity contribution is 9.10. The third kappa shape index (κ3) is 4.24. The van der Waals surface area contributed by atoms with Gasteiger partial charge in [-0.3, -0.25) is 19.2 Å². The van der Waals surface area contributed by atoms with Crippen LogP contribution in [0.25, 0.3) is 0 Å². The standard InChI is InChI=1S/C15H12BrFNO6P/c16-10-1-6-14(17)13(9-10)15-7-8-22-25(21,24-15)23-12-4-2-11(3-5-12)18(19)20/h1-6,9,15H,7-8H2/t15-,25-/m0/s1. The van der Waals surface area contributed by atoms with Crippen molar-refractivity contribution in [3.8, 4) is 5.75 Å². The molecule has 1 saturated heterocycles. The zero-order valence-electron chi connectivity index (χ0n) is 12.6. The van der Waals surface area contributed by atoms with Gasteiger partial charge in [0.15, 0.2) is 0 Å². The Morgan fingerprint density at radius 1 is 1.28 bits per heavy atom. The molecule has 1 aliphatic heterocycles. The summed E-state index contributed by atoms with van der Waals surface area (Å²) in [6.45, 7) is 0.0564. The Morgan fingerprint density at radius 2 is 2.00 bits per heavy atom. The van der Waals surface area contributed by atoms with Gasteiger partial charge >= 0.3 is 7.82 Å². The Labute approximate surface area is 150 Å². The molecule has 2 atom stereocenters. The molecule has 0 aliphatic carbocycles. The Bertz CT molecular complexity index is 846. The molecule has 3 rings (SSSR count). The first-order valence-corrected chi connectivity index (χ1v) is 9.44. The molecule has 0 aromatic heterocycles. The summed E-state index contributed by atoms with van der Waals surface area (Å²) < 4.78 is 43.1. The topological polar surface area (TPSA) is 87.9 Å². The molecule has 0 amide bonds. The monoisotopic (exact) mass is 431 g/mol. The van der Waals surface area contributed by atoms with Crippen LogP contribution in [-0.2, 0) is 13.6 Å². The van der Waals surface area contributed by atoms with Gasteiger partial charge in [0.25, 0.3) is 5.69 Å². The van der Waals surface area contributed by atoms with Gasteiger partial charge < -0.3 is 4.52 Å². The number of non-ortho nitro benzene ring substituents is 1. The molecular formula is C15H12BrFNO6P. The quantitative estimate of drug-likeness (QED) is 0.377. The molecule has 0 spiro atoms. The molecule has 1 fully saturated rings. The molecule has 0 radical (unpaired) electrons. The van der Waals surface area contributed by atoms with Crippen molar-refractivity contribution in [2.75, 3.05) is 6.61 Å². The van der Waals surface area contributed by atoms with Gasteiger partial charge in [-0.05, 0) is 30.3 Å². The van der Waals surface area contributed by atoms with Crippen LogP contribution < -0.4 is 4.52 Å². The fraction of sp³-hybridized carbons (Fsp3) is 0.200. The van der Waals surface area contributed by atoms with E-state index in [0.29, 0.717) is 10.9 Å². The van der Waals surface area contributed by atoms with Crippen LogP contribution in [0.15, 0.2) is 46.9 Å². The summed E-state index contributed by atoms with van der Waals surface area (Å²) in [7, 11) is -3.98. The first kappa shape index (κ1) is 18.0. The van der Waals surface area contributed by atoms with E-state index in [1.807, 2.05) is 0 Å². The van der Waals surface area contributed by atoms with Crippen LogP contribution in [0, 0.1) is 15.9 Å². The van der Waals surface area contributed by atoms with Gasteiger partial charge in [-0.1, -0.05) is 15.9 Å². The lowest BCUT2D eigenvalue weighted by molar-refractivity contribution is -0.384. The molecule has 2 aromatic rings. The molecule has 0 saturated carbocycles. The highest BCUT2D eigenvalue weighted by atomic mass is 79.9. The van der Waals surface area contributed by atoms with Crippen molar-refractivity contribution in [3.63, 3.8) is 0 Å². The molecule has 132 valence electrons. The first-order chi connectivity index (χ1) is 11.9. The maximum atomic E-state index is 14.0. The minimum Gasteiger partial charge on any atom is -0.404 e. The van der Waals surface area contributed by atoms with Crippen molar-refractivity contribution in [1.29, 1.82) is 0 Å². The van der Waals surface area contributed by atoms with E-state index < -0.39 is 24.7 Å². The maximum Gasteiger partial charge on any atom is 0.530 e. The third-order valence-electron chi connectivity index (χ3n) is 3.46. The highest BCUT2D eigenvalue weighted by Gasteiger charge is 2.38. The van der Waals surface area contributed by atoms with Crippen LogP contribution in [0.3, 0.4) is 0 Å². The van der Waals surface area contributed by atoms with Crippen LogP contribution >= 0.6 is 23.8 Å². The first-order valence-electron chi connectivity index (χ1n) is 7.18. The molecule has 1 aliphatic rings. The summed E-state index contributed by atoms with van der Waals surface area (Å²) >= 11 is 3.25. The average molecular weight is 432 g/mol. The zero-order chi connectivity index (χ0) is 18.0. The minimum absolute atomic E-state index is 0.0564. The second kappa shape index (κ2) is 7.21. The SMILES string of the molecule is O=[N+]([O-])c1ccc(O[P@]2(=O)OCC[C@@H](c3cc(Br)ccc3F)O2)cc1. The Morgan fingerprint density at radius 3 is 2.68 bits per heavy atom. The van der Waals surface area contributed by atoms with Crippen LogP contribution in [0.2, 0.25) is 0 Å². The van der Waals surface area contributed by atoms with E-state index in [2.05, 4.69) is 15.9 Å². The largest absolute Gasteiger partial charge is 0.530 e. The molecule has 0 bridgehead atoms. The van der Waals surface area contributed by atoms with E-state index in [1.165, 1.54) is 30.3 Å². The van der Waals surface area contributed by atoms with Crippen molar-refractivity contribution < 1.29 is 27.5 Å². The summed E-state index contributed by atoms with van der Waals surface area (Å²) in [5.41, 5.74) is 0.107. The lowest BCUT2D eigenvalue weighted by Crippen LogP contribution is -2.17. The molecule has 25 heavy (non-hydrogen) atoms. The minimum atomic E-state index is -3.98. The van der Waals surface area contributed by atoms with Crippen LogP contribution in [0.1, 0.15) is 18.1 Å². The summed E-state index contributed by atoms with van der Waals surface area (Å²) in [6, 6.07) is 9.35. The summed E-state index contributed by atoms with van der Waals surface area (Å²) in [5.74, 6) is -0.402. The summed E-state index contributed by atoms with van der Waals surface area (Å²) in [5, 5.41) is 10.6. The molecular weight excluding hydrogens is 420 g/mol. The van der Waals surface area contributed by atoms with Gasteiger partial charge in [0.2, 0.25) is 0 Å². The second-order valence-electron chi connectivity index (χ2n) is 5.17. The predicted molar refractivity (Wildman–Crippen MR) is 89.8 cm³/mol. The van der Waals surface area contributed by atoms with E-state index in [-0.39, 0.29) is 23.6 Å². The molecule has 2 aromatic carbocycles. The number of nitrogens with zero attached hydrogens (tertiary/aromatic N) is 1. The zero-order valence-corrected chi connectivity index (χ0v) is 15.1. The number of rotatable bonds is 4. The molecule has 0 unspecified atom stereocenters. The number of benzene rings is 2. The number of phosphoric ester groups is 1. The van der Waals surface area contributed by atoms with Gasteiger partial charge in [0, 0.05) is 28.6 Å². The lowest BCUT2D eigenvalue weighted by atomic mass is 10.1. The fourth-order valence-corrected chi connectivity index (χ4v) is 4.06. The third-order valence-corrected chi connectivity index (χ3v) is 5.39. The second-order valence-corrected chi connectivity index (χ2v) is 7.63. The number of nitro groups is 1. The van der Waals surface area contributed by atoms with Crippen molar-refractivity contribution >= 4 is 29.4 Å². The Hall–Kier alpha value is -1.80. The number of halogens is 2. The maximum absolute atomic E-state index is 14.0. The smallest absolute Gasteiger partial charge is 0.404 e. The van der Waals surface area contributed by atoms with Crippen molar-refractivity contribution in [3.05, 3.63) is 68.4 Å². The Kier molecular flexibility index (Phi) is 5.19. The fourth-order valence-electron chi connectivity index (χ4n) is 2.29. The van der Waals surface area contributed by atoms with E-state index in [1.54, 1.807) is 12.1 Å². The van der Waals surface area contributed by atoms with Gasteiger partial charge in [-0.2, -0.15) is 0 Å². The molecule has 10 heteroatoms. The highest BCUT2D eigenvalue weighted by Crippen LogP contribution is 2.57. The summed E-state index contributed by atoms with van der Waals surface area (Å²) in [6.07, 6.45) is -0.490. The van der Waals surface area contributed by atoms with Gasteiger partial charge in [-0.25, -0.2) is 8.96 Å². The van der Waals surface area contributed by atoms with E-state index in [9.17, 15) is 19.1 Å². The number of hydrogen-bond acceptors (Lipinski definition) is 6. The number of hydrogen-bond donors (Lipinski definition) is 0. The normalized spacial score (nSPS) is 23.2. The van der Waals surface area contributed by atoms with Crippen LogP contribution in [-0.4, -0.2) is 11.5 Å². The van der Waals surface area contributed by atoms with E-state index >= 15 is 0 Å². The predicted octanol–water partition coefficient (Wildman–Crippen LogP) is 5.16. The van der Waals surface area contributed by atoms with Gasteiger partial charge in [0.1, 0.15) is 17.7 Å². The molecule has 7 nitrogen and oxygen atoms in total. The van der Waals surface area contributed by atoms with Crippen LogP contribution in [0.5, 0.6) is 5.75 Å². The van der Waals surface area contributed by atoms with Crippen LogP contribution in [0.4, 0.5) is 10.1 Å². The summed E-state index contributed by atoms with van der Waals surface area (Å²) in [4.78, 5) is 10.1. The lowest BCUT2D eigenvalue weighted by Gasteiger charge is -2.29. The average Bonchev–Trinajstić information content (AvgIpc) is 2.57. The van der Waals surface area contributed by atoms with E-state index in [4.69, 9.17) is 13.6 Å². The van der Waals surface area contributed by atoms with Gasteiger partial charge in [0.05, 0.1) is 11.5 Å². The Balaban J connectivity index is 1.78. The van der Waals surface area contributed by atoms with Crippen molar-refractivity contribution in [2.24, 2.45) is 0 Å². The molecule has 1 heterocycles. The number of phosphoric acid groups is 1. The number of nitro benzene ring substituents is 1. The van der Waals surface area contributed by atoms with Gasteiger partial charge in [-0.15, -0.1) is 0 Å². The molecule has 0 N–H and O–H groups in total. The van der Waals surface area contributed by atoms with E-state index in [0.717, 1.165) is 0 Å². The van der Waals surface area contributed by atoms with Crippen molar-refractivity contribution in [2.45, 2.75) is 12.5 Å².